The largest absolute Gasteiger partial charge is 0.360 e. The normalized spacial score (nSPS) is 11.7. The van der Waals surface area contributed by atoms with Gasteiger partial charge < -0.3 is 9.84 Å². The van der Waals surface area contributed by atoms with Crippen LogP contribution in [-0.4, -0.2) is 25.1 Å². The molecule has 0 spiro atoms. The Kier molecular flexibility index (Phi) is 5.43. The van der Waals surface area contributed by atoms with E-state index in [1.165, 1.54) is 12.3 Å². The molecule has 114 valence electrons. The van der Waals surface area contributed by atoms with Gasteiger partial charge >= 0.3 is 0 Å². The second kappa shape index (κ2) is 7.30. The molecule has 0 bridgehead atoms. The summed E-state index contributed by atoms with van der Waals surface area (Å²) < 4.78 is 31.3. The highest BCUT2D eigenvalue weighted by Crippen LogP contribution is 2.08. The summed E-state index contributed by atoms with van der Waals surface area (Å²) in [5.41, 5.74) is 0.942. The second-order valence-corrected chi connectivity index (χ2v) is 6.20. The minimum absolute atomic E-state index is 0.0127. The molecule has 2 N–H and O–H groups in total. The number of pyridine rings is 1. The SMILES string of the molecule is CCCNCc1ccc(S(=O)(=O)NCc2ccno2)nc1. The van der Waals surface area contributed by atoms with E-state index in [-0.39, 0.29) is 11.6 Å². The fraction of sp³-hybridized carbons (Fsp3) is 0.385. The van der Waals surface area contributed by atoms with E-state index >= 15 is 0 Å². The molecule has 2 heterocycles. The minimum Gasteiger partial charge on any atom is -0.360 e. The molecule has 0 radical (unpaired) electrons. The average Bonchev–Trinajstić information content (AvgIpc) is 3.00. The van der Waals surface area contributed by atoms with Crippen molar-refractivity contribution in [3.05, 3.63) is 41.9 Å². The van der Waals surface area contributed by atoms with Gasteiger partial charge in [0, 0.05) is 18.8 Å². The van der Waals surface area contributed by atoms with Crippen LogP contribution >= 0.6 is 0 Å². The topological polar surface area (TPSA) is 97.1 Å². The zero-order valence-electron chi connectivity index (χ0n) is 11.7. The molecule has 2 aromatic rings. The lowest BCUT2D eigenvalue weighted by atomic mass is 10.3. The van der Waals surface area contributed by atoms with Gasteiger partial charge in [0.2, 0.25) is 0 Å². The molecule has 8 heteroatoms. The summed E-state index contributed by atoms with van der Waals surface area (Å²) in [5.74, 6) is 0.443. The van der Waals surface area contributed by atoms with Crippen LogP contribution in [0.1, 0.15) is 24.7 Å². The number of nitrogens with zero attached hydrogens (tertiary/aromatic N) is 2. The van der Waals surface area contributed by atoms with E-state index in [0.717, 1.165) is 18.5 Å². The first-order valence-electron chi connectivity index (χ1n) is 6.66. The molecule has 0 aliphatic rings. The van der Waals surface area contributed by atoms with Crippen LogP contribution in [0.25, 0.3) is 0 Å². The molecule has 0 atom stereocenters. The van der Waals surface area contributed by atoms with Gasteiger partial charge in [-0.05, 0) is 24.6 Å². The standard InChI is InChI=1S/C13H18N4O3S/c1-2-6-14-8-11-3-4-13(15-9-11)21(18,19)17-10-12-5-7-16-20-12/h3-5,7,9,14,17H,2,6,8,10H2,1H3. The molecule has 0 aromatic carbocycles. The third-order valence-corrected chi connectivity index (χ3v) is 4.07. The van der Waals surface area contributed by atoms with Crippen molar-refractivity contribution in [2.75, 3.05) is 6.54 Å². The molecule has 2 rings (SSSR count). The first kappa shape index (κ1) is 15.6. The highest BCUT2D eigenvalue weighted by Gasteiger charge is 2.15. The Labute approximate surface area is 123 Å². The fourth-order valence-corrected chi connectivity index (χ4v) is 2.58. The van der Waals surface area contributed by atoms with Crippen molar-refractivity contribution in [1.29, 1.82) is 0 Å². The van der Waals surface area contributed by atoms with Crippen LogP contribution in [0.5, 0.6) is 0 Å². The highest BCUT2D eigenvalue weighted by molar-refractivity contribution is 7.89. The quantitative estimate of drug-likeness (QED) is 0.707. The average molecular weight is 310 g/mol. The maximum Gasteiger partial charge on any atom is 0.258 e. The van der Waals surface area contributed by atoms with Gasteiger partial charge in [-0.3, -0.25) is 0 Å². The van der Waals surface area contributed by atoms with E-state index < -0.39 is 10.0 Å². The van der Waals surface area contributed by atoms with Gasteiger partial charge in [0.1, 0.15) is 0 Å². The predicted octanol–water partition coefficient (Wildman–Crippen LogP) is 1.05. The van der Waals surface area contributed by atoms with Crippen molar-refractivity contribution in [1.82, 2.24) is 20.2 Å². The number of rotatable bonds is 8. The lowest BCUT2D eigenvalue weighted by Crippen LogP contribution is -2.24. The van der Waals surface area contributed by atoms with Crippen molar-refractivity contribution in [2.24, 2.45) is 0 Å². The summed E-state index contributed by atoms with van der Waals surface area (Å²) in [6.07, 6.45) is 4.07. The van der Waals surface area contributed by atoms with Crippen LogP contribution in [0.15, 0.2) is 40.1 Å². The van der Waals surface area contributed by atoms with Gasteiger partial charge in [0.25, 0.3) is 10.0 Å². The monoisotopic (exact) mass is 310 g/mol. The second-order valence-electron chi connectivity index (χ2n) is 4.48. The third kappa shape index (κ3) is 4.62. The van der Waals surface area contributed by atoms with Gasteiger partial charge in [-0.2, -0.15) is 0 Å². The molecule has 2 aromatic heterocycles. The molecule has 0 fully saturated rings. The molecule has 0 saturated carbocycles. The van der Waals surface area contributed by atoms with E-state index in [2.05, 4.69) is 27.1 Å². The van der Waals surface area contributed by atoms with Gasteiger partial charge in [-0.25, -0.2) is 18.1 Å². The highest BCUT2D eigenvalue weighted by atomic mass is 32.2. The van der Waals surface area contributed by atoms with Crippen LogP contribution in [-0.2, 0) is 23.1 Å². The van der Waals surface area contributed by atoms with Crippen LogP contribution in [0, 0.1) is 0 Å². The molecular formula is C13H18N4O3S. The van der Waals surface area contributed by atoms with E-state index in [1.54, 1.807) is 18.3 Å². The Morgan fingerprint density at radius 1 is 1.24 bits per heavy atom. The van der Waals surface area contributed by atoms with E-state index in [4.69, 9.17) is 4.52 Å². The molecule has 0 unspecified atom stereocenters. The number of sulfonamides is 1. The number of hydrogen-bond acceptors (Lipinski definition) is 6. The predicted molar refractivity (Wildman–Crippen MR) is 76.8 cm³/mol. The molecule has 0 aliphatic heterocycles. The van der Waals surface area contributed by atoms with Crippen LogP contribution in [0.4, 0.5) is 0 Å². The van der Waals surface area contributed by atoms with E-state index in [0.29, 0.717) is 12.3 Å². The van der Waals surface area contributed by atoms with Crippen LogP contribution in [0.2, 0.25) is 0 Å². The van der Waals surface area contributed by atoms with Crippen molar-refractivity contribution in [2.45, 2.75) is 31.5 Å². The molecule has 0 amide bonds. The first-order valence-corrected chi connectivity index (χ1v) is 8.15. The molecule has 21 heavy (non-hydrogen) atoms. The van der Waals surface area contributed by atoms with Crippen LogP contribution < -0.4 is 10.0 Å². The third-order valence-electron chi connectivity index (χ3n) is 2.76. The Morgan fingerprint density at radius 3 is 2.71 bits per heavy atom. The first-order chi connectivity index (χ1) is 10.1. The van der Waals surface area contributed by atoms with Gasteiger partial charge in [0.05, 0.1) is 12.7 Å². The van der Waals surface area contributed by atoms with Crippen molar-refractivity contribution >= 4 is 10.0 Å². The maximum atomic E-state index is 12.0. The van der Waals surface area contributed by atoms with Gasteiger partial charge in [-0.15, -0.1) is 0 Å². The zero-order valence-corrected chi connectivity index (χ0v) is 12.6. The molecule has 0 saturated heterocycles. The Hall–Kier alpha value is -1.77. The molecule has 0 aliphatic carbocycles. The van der Waals surface area contributed by atoms with E-state index in [1.807, 2.05) is 0 Å². The van der Waals surface area contributed by atoms with Crippen molar-refractivity contribution < 1.29 is 12.9 Å². The van der Waals surface area contributed by atoms with Crippen molar-refractivity contribution in [3.63, 3.8) is 0 Å². The summed E-state index contributed by atoms with van der Waals surface area (Å²) >= 11 is 0. The fourth-order valence-electron chi connectivity index (χ4n) is 1.66. The van der Waals surface area contributed by atoms with Gasteiger partial charge in [0.15, 0.2) is 10.8 Å². The molecular weight excluding hydrogens is 292 g/mol. The zero-order chi connectivity index (χ0) is 15.1. The summed E-state index contributed by atoms with van der Waals surface area (Å²) in [6.45, 7) is 3.72. The number of aromatic nitrogens is 2. The summed E-state index contributed by atoms with van der Waals surface area (Å²) in [5, 5.41) is 6.73. The molecule has 7 nitrogen and oxygen atoms in total. The number of nitrogens with one attached hydrogen (secondary N) is 2. The van der Waals surface area contributed by atoms with Crippen LogP contribution in [0.3, 0.4) is 0 Å². The van der Waals surface area contributed by atoms with Gasteiger partial charge in [-0.1, -0.05) is 18.1 Å². The Bertz CT molecular complexity index is 639. The van der Waals surface area contributed by atoms with E-state index in [9.17, 15) is 8.42 Å². The smallest absolute Gasteiger partial charge is 0.258 e. The maximum absolute atomic E-state index is 12.0. The lowest BCUT2D eigenvalue weighted by Gasteiger charge is -2.06. The Morgan fingerprint density at radius 2 is 2.10 bits per heavy atom. The summed E-state index contributed by atoms with van der Waals surface area (Å²) in [6, 6.07) is 4.84. The van der Waals surface area contributed by atoms with Crippen molar-refractivity contribution in [3.8, 4) is 0 Å². The lowest BCUT2D eigenvalue weighted by molar-refractivity contribution is 0.380. The summed E-state index contributed by atoms with van der Waals surface area (Å²) in [7, 11) is -3.65. The summed E-state index contributed by atoms with van der Waals surface area (Å²) in [4.78, 5) is 3.99. The minimum atomic E-state index is -3.65. The Balaban J connectivity index is 1.96. The number of hydrogen-bond donors (Lipinski definition) is 2.